The van der Waals surface area contributed by atoms with Crippen LogP contribution in [-0.4, -0.2) is 20.7 Å². The van der Waals surface area contributed by atoms with E-state index >= 15 is 0 Å². The number of rotatable bonds is 4. The lowest BCUT2D eigenvalue weighted by Crippen LogP contribution is -2.23. The number of thioether (sulfide) groups is 1. The molecule has 1 heterocycles. The second-order valence-corrected chi connectivity index (χ2v) is 4.82. The Hall–Kier alpha value is -0.970. The summed E-state index contributed by atoms with van der Waals surface area (Å²) in [5, 5.41) is 0.689. The average Bonchev–Trinajstić information content (AvgIpc) is 2.88. The van der Waals surface area contributed by atoms with Crippen molar-refractivity contribution in [3.8, 4) is 0 Å². The van der Waals surface area contributed by atoms with Crippen molar-refractivity contribution < 1.29 is 4.79 Å². The monoisotopic (exact) mass is 211 g/mol. The minimum atomic E-state index is -0.291. The molecule has 2 rings (SSSR count). The predicted octanol–water partition coefficient (Wildman–Crippen LogP) is 1.18. The van der Waals surface area contributed by atoms with E-state index in [9.17, 15) is 4.79 Å². The number of carbonyl (C=O) groups is 1. The summed E-state index contributed by atoms with van der Waals surface area (Å²) in [5.41, 5.74) is 5.20. The summed E-state index contributed by atoms with van der Waals surface area (Å²) in [7, 11) is 0. The van der Waals surface area contributed by atoms with Crippen molar-refractivity contribution in [2.24, 2.45) is 5.73 Å². The molecule has 0 radical (unpaired) electrons. The van der Waals surface area contributed by atoms with Gasteiger partial charge in [0.05, 0.1) is 5.25 Å². The summed E-state index contributed by atoms with van der Waals surface area (Å²) in [6.45, 7) is 1.80. The van der Waals surface area contributed by atoms with Crippen LogP contribution in [0.25, 0.3) is 0 Å². The second-order valence-electron chi connectivity index (χ2n) is 3.51. The van der Waals surface area contributed by atoms with Crippen molar-refractivity contribution in [2.45, 2.75) is 36.2 Å². The molecule has 0 aliphatic heterocycles. The van der Waals surface area contributed by atoms with E-state index in [4.69, 9.17) is 5.73 Å². The summed E-state index contributed by atoms with van der Waals surface area (Å²) in [6, 6.07) is 0.597. The minimum Gasteiger partial charge on any atom is -0.369 e. The number of hydrogen-bond acceptors (Lipinski definition) is 3. The van der Waals surface area contributed by atoms with E-state index in [0.717, 1.165) is 5.16 Å². The first-order valence-electron chi connectivity index (χ1n) is 4.67. The number of aromatic nitrogens is 2. The molecule has 76 valence electrons. The zero-order valence-corrected chi connectivity index (χ0v) is 8.83. The van der Waals surface area contributed by atoms with Crippen LogP contribution in [-0.2, 0) is 4.79 Å². The molecule has 1 aliphatic carbocycles. The highest BCUT2D eigenvalue weighted by Gasteiger charge is 2.26. The van der Waals surface area contributed by atoms with Gasteiger partial charge in [-0.1, -0.05) is 11.8 Å². The van der Waals surface area contributed by atoms with Gasteiger partial charge in [-0.25, -0.2) is 4.98 Å². The van der Waals surface area contributed by atoms with Crippen LogP contribution in [0.1, 0.15) is 25.8 Å². The minimum absolute atomic E-state index is 0.213. The van der Waals surface area contributed by atoms with Crippen molar-refractivity contribution in [1.82, 2.24) is 9.55 Å². The van der Waals surface area contributed by atoms with Gasteiger partial charge < -0.3 is 10.3 Å². The molecule has 1 fully saturated rings. The third-order valence-corrected chi connectivity index (χ3v) is 3.37. The Balaban J connectivity index is 2.08. The largest absolute Gasteiger partial charge is 0.369 e. The molecular weight excluding hydrogens is 198 g/mol. The molecule has 1 aliphatic rings. The predicted molar refractivity (Wildman–Crippen MR) is 55.0 cm³/mol. The second kappa shape index (κ2) is 3.65. The maximum absolute atomic E-state index is 10.9. The Morgan fingerprint density at radius 2 is 2.50 bits per heavy atom. The number of carbonyl (C=O) groups excluding carboxylic acids is 1. The smallest absolute Gasteiger partial charge is 0.230 e. The third kappa shape index (κ3) is 1.92. The first kappa shape index (κ1) is 9.58. The van der Waals surface area contributed by atoms with Gasteiger partial charge in [0.1, 0.15) is 0 Å². The van der Waals surface area contributed by atoms with Gasteiger partial charge in [-0.05, 0) is 19.8 Å². The van der Waals surface area contributed by atoms with Crippen LogP contribution in [0.3, 0.4) is 0 Å². The van der Waals surface area contributed by atoms with Gasteiger partial charge in [-0.2, -0.15) is 0 Å². The zero-order chi connectivity index (χ0) is 10.1. The fourth-order valence-corrected chi connectivity index (χ4v) is 2.12. The molecule has 0 bridgehead atoms. The highest BCUT2D eigenvalue weighted by Crippen LogP contribution is 2.38. The molecule has 1 atom stereocenters. The molecule has 0 aromatic carbocycles. The van der Waals surface area contributed by atoms with Crippen molar-refractivity contribution in [2.75, 3.05) is 0 Å². The highest BCUT2D eigenvalue weighted by molar-refractivity contribution is 8.00. The van der Waals surface area contributed by atoms with Gasteiger partial charge in [0.15, 0.2) is 5.16 Å². The average molecular weight is 211 g/mol. The first-order valence-corrected chi connectivity index (χ1v) is 5.55. The maximum atomic E-state index is 10.9. The number of nitrogens with two attached hydrogens (primary N) is 1. The first-order chi connectivity index (χ1) is 6.68. The molecule has 0 spiro atoms. The summed E-state index contributed by atoms with van der Waals surface area (Å²) < 4.78 is 2.13. The van der Waals surface area contributed by atoms with E-state index in [1.165, 1.54) is 24.6 Å². The van der Waals surface area contributed by atoms with Crippen LogP contribution >= 0.6 is 11.8 Å². The Morgan fingerprint density at radius 1 is 1.79 bits per heavy atom. The van der Waals surface area contributed by atoms with Crippen LogP contribution in [0.4, 0.5) is 0 Å². The Labute approximate surface area is 86.9 Å². The lowest BCUT2D eigenvalue weighted by molar-refractivity contribution is -0.117. The lowest BCUT2D eigenvalue weighted by Gasteiger charge is -2.08. The Bertz CT molecular complexity index is 346. The quantitative estimate of drug-likeness (QED) is 0.761. The van der Waals surface area contributed by atoms with Gasteiger partial charge in [0.2, 0.25) is 5.91 Å². The zero-order valence-electron chi connectivity index (χ0n) is 8.01. The number of hydrogen-bond donors (Lipinski definition) is 1. The number of primary amides is 1. The molecule has 1 aromatic rings. The van der Waals surface area contributed by atoms with Crippen LogP contribution in [0.15, 0.2) is 17.6 Å². The van der Waals surface area contributed by atoms with Crippen molar-refractivity contribution in [1.29, 1.82) is 0 Å². The number of nitrogens with zero attached hydrogens (tertiary/aromatic N) is 2. The van der Waals surface area contributed by atoms with E-state index in [2.05, 4.69) is 9.55 Å². The van der Waals surface area contributed by atoms with Gasteiger partial charge >= 0.3 is 0 Å². The highest BCUT2D eigenvalue weighted by atomic mass is 32.2. The van der Waals surface area contributed by atoms with E-state index in [1.807, 2.05) is 6.20 Å². The van der Waals surface area contributed by atoms with E-state index in [-0.39, 0.29) is 11.2 Å². The fourth-order valence-electron chi connectivity index (χ4n) is 1.24. The molecule has 2 N–H and O–H groups in total. The topological polar surface area (TPSA) is 60.9 Å². The Morgan fingerprint density at radius 3 is 3.07 bits per heavy atom. The summed E-state index contributed by atoms with van der Waals surface area (Å²) in [4.78, 5) is 15.1. The van der Waals surface area contributed by atoms with Gasteiger partial charge in [0.25, 0.3) is 0 Å². The van der Waals surface area contributed by atoms with Crippen LogP contribution in [0, 0.1) is 0 Å². The number of imidazole rings is 1. The van der Waals surface area contributed by atoms with Gasteiger partial charge in [-0.3, -0.25) is 4.79 Å². The molecular formula is C9H13N3OS. The van der Waals surface area contributed by atoms with Gasteiger partial charge in [-0.15, -0.1) is 0 Å². The molecule has 0 saturated heterocycles. The van der Waals surface area contributed by atoms with E-state index < -0.39 is 0 Å². The van der Waals surface area contributed by atoms with E-state index in [1.54, 1.807) is 13.1 Å². The van der Waals surface area contributed by atoms with Crippen molar-refractivity contribution in [3.63, 3.8) is 0 Å². The molecule has 1 aromatic heterocycles. The van der Waals surface area contributed by atoms with Crippen molar-refractivity contribution in [3.05, 3.63) is 12.4 Å². The molecule has 4 nitrogen and oxygen atoms in total. The molecule has 0 unspecified atom stereocenters. The maximum Gasteiger partial charge on any atom is 0.230 e. The van der Waals surface area contributed by atoms with Gasteiger partial charge in [0, 0.05) is 18.4 Å². The number of amides is 1. The van der Waals surface area contributed by atoms with E-state index in [0.29, 0.717) is 6.04 Å². The SMILES string of the molecule is C[C@@H](Sc1nccn1C1CC1)C(N)=O. The molecule has 1 saturated carbocycles. The summed E-state index contributed by atoms with van der Waals surface area (Å²) in [5.74, 6) is -0.291. The normalized spacial score (nSPS) is 18.1. The summed E-state index contributed by atoms with van der Waals surface area (Å²) in [6.07, 6.45) is 6.17. The molecule has 1 amide bonds. The van der Waals surface area contributed by atoms with Crippen LogP contribution in [0.2, 0.25) is 0 Å². The fraction of sp³-hybridized carbons (Fsp3) is 0.556. The lowest BCUT2D eigenvalue weighted by atomic mass is 10.5. The third-order valence-electron chi connectivity index (χ3n) is 2.26. The Kier molecular flexibility index (Phi) is 2.50. The standard InChI is InChI=1S/C9H13N3OS/c1-6(8(10)13)14-9-11-4-5-12(9)7-2-3-7/h4-7H,2-3H2,1H3,(H2,10,13)/t6-/m1/s1. The van der Waals surface area contributed by atoms with Crippen molar-refractivity contribution >= 4 is 17.7 Å². The molecule has 14 heavy (non-hydrogen) atoms. The summed E-state index contributed by atoms with van der Waals surface area (Å²) >= 11 is 1.43. The van der Waals surface area contributed by atoms with Crippen LogP contribution < -0.4 is 5.73 Å². The molecule has 5 heteroatoms. The van der Waals surface area contributed by atoms with Crippen LogP contribution in [0.5, 0.6) is 0 Å².